The van der Waals surface area contributed by atoms with E-state index in [2.05, 4.69) is 69.9 Å². The van der Waals surface area contributed by atoms with Gasteiger partial charge >= 0.3 is 0 Å². The molecule has 2 aromatic rings. The third-order valence-corrected chi connectivity index (χ3v) is 5.87. The number of benzene rings is 2. The summed E-state index contributed by atoms with van der Waals surface area (Å²) >= 11 is 0. The molecule has 182 valence electrons. The van der Waals surface area contributed by atoms with E-state index in [-0.39, 0.29) is 30.0 Å². The van der Waals surface area contributed by atoms with Crippen LogP contribution in [-0.4, -0.2) is 76.9 Å². The number of halogens is 1. The SMILES string of the molecule is CN=C(NCc1ccccc1CN1CCOCC1)NCC(c1ccccc1OC)N(C)C.I. The lowest BCUT2D eigenvalue weighted by Gasteiger charge is -2.28. The summed E-state index contributed by atoms with van der Waals surface area (Å²) in [5.74, 6) is 1.68. The monoisotopic (exact) mass is 567 g/mol. The second-order valence-electron chi connectivity index (χ2n) is 8.19. The molecule has 1 atom stereocenters. The Hall–Kier alpha value is -1.88. The van der Waals surface area contributed by atoms with Gasteiger partial charge in [-0.05, 0) is 31.3 Å². The van der Waals surface area contributed by atoms with Gasteiger partial charge in [-0.15, -0.1) is 24.0 Å². The fourth-order valence-corrected chi connectivity index (χ4v) is 3.99. The highest BCUT2D eigenvalue weighted by Crippen LogP contribution is 2.27. The molecular formula is C25H38IN5O2. The van der Waals surface area contributed by atoms with E-state index < -0.39 is 0 Å². The second-order valence-corrected chi connectivity index (χ2v) is 8.19. The van der Waals surface area contributed by atoms with Crippen LogP contribution in [0.2, 0.25) is 0 Å². The van der Waals surface area contributed by atoms with E-state index in [0.717, 1.165) is 56.7 Å². The van der Waals surface area contributed by atoms with Gasteiger partial charge in [0.2, 0.25) is 0 Å². The van der Waals surface area contributed by atoms with Crippen LogP contribution in [0.4, 0.5) is 0 Å². The Morgan fingerprint density at radius 3 is 2.39 bits per heavy atom. The largest absolute Gasteiger partial charge is 0.496 e. The molecule has 1 saturated heterocycles. The summed E-state index contributed by atoms with van der Waals surface area (Å²) < 4.78 is 11.1. The van der Waals surface area contributed by atoms with Gasteiger partial charge in [0.1, 0.15) is 5.75 Å². The first-order valence-electron chi connectivity index (χ1n) is 11.2. The first-order chi connectivity index (χ1) is 15.6. The zero-order valence-electron chi connectivity index (χ0n) is 20.2. The van der Waals surface area contributed by atoms with Crippen LogP contribution >= 0.6 is 24.0 Å². The highest BCUT2D eigenvalue weighted by atomic mass is 127. The van der Waals surface area contributed by atoms with Gasteiger partial charge in [0.05, 0.1) is 26.4 Å². The number of para-hydroxylation sites is 1. The lowest BCUT2D eigenvalue weighted by atomic mass is 10.0. The molecule has 2 aromatic carbocycles. The zero-order valence-corrected chi connectivity index (χ0v) is 22.5. The maximum Gasteiger partial charge on any atom is 0.191 e. The smallest absolute Gasteiger partial charge is 0.191 e. The number of hydrogen-bond donors (Lipinski definition) is 2. The molecule has 0 spiro atoms. The quantitative estimate of drug-likeness (QED) is 0.276. The number of nitrogens with zero attached hydrogens (tertiary/aromatic N) is 3. The topological polar surface area (TPSA) is 61.4 Å². The molecule has 1 unspecified atom stereocenters. The zero-order chi connectivity index (χ0) is 22.8. The molecule has 1 heterocycles. The molecule has 1 aliphatic rings. The Balaban J connectivity index is 0.00000385. The molecule has 0 radical (unpaired) electrons. The number of morpholine rings is 1. The summed E-state index contributed by atoms with van der Waals surface area (Å²) in [6.07, 6.45) is 0. The predicted molar refractivity (Wildman–Crippen MR) is 146 cm³/mol. The van der Waals surface area contributed by atoms with Crippen LogP contribution in [0.1, 0.15) is 22.7 Å². The van der Waals surface area contributed by atoms with Gasteiger partial charge in [0.15, 0.2) is 5.96 Å². The maximum absolute atomic E-state index is 5.58. The molecule has 7 nitrogen and oxygen atoms in total. The molecule has 2 N–H and O–H groups in total. The number of ether oxygens (including phenoxy) is 2. The van der Waals surface area contributed by atoms with Gasteiger partial charge in [0.25, 0.3) is 0 Å². The average molecular weight is 568 g/mol. The first kappa shape index (κ1) is 27.4. The number of likely N-dealkylation sites (N-methyl/N-ethyl adjacent to an activating group) is 1. The first-order valence-corrected chi connectivity index (χ1v) is 11.2. The molecule has 0 amide bonds. The summed E-state index contributed by atoms with van der Waals surface area (Å²) in [5, 5.41) is 6.97. The van der Waals surface area contributed by atoms with Gasteiger partial charge in [-0.25, -0.2) is 0 Å². The molecule has 8 heteroatoms. The Kier molecular flexibility index (Phi) is 11.9. The Morgan fingerprint density at radius 2 is 1.73 bits per heavy atom. The minimum Gasteiger partial charge on any atom is -0.496 e. The fourth-order valence-electron chi connectivity index (χ4n) is 3.99. The standard InChI is InChI=1S/C25H37N5O2.HI/c1-26-25(28-18-23(29(2)3)22-11-7-8-12-24(22)31-4)27-17-20-9-5-6-10-21(20)19-30-13-15-32-16-14-30;/h5-12,23H,13-19H2,1-4H3,(H2,26,27,28);1H. The summed E-state index contributed by atoms with van der Waals surface area (Å²) in [6.45, 7) is 5.99. The van der Waals surface area contributed by atoms with Crippen LogP contribution < -0.4 is 15.4 Å². The van der Waals surface area contributed by atoms with Crippen molar-refractivity contribution in [1.82, 2.24) is 20.4 Å². The summed E-state index contributed by atoms with van der Waals surface area (Å²) in [5.41, 5.74) is 3.78. The normalized spacial score (nSPS) is 15.6. The maximum atomic E-state index is 5.58. The Labute approximate surface area is 215 Å². The van der Waals surface area contributed by atoms with E-state index in [4.69, 9.17) is 9.47 Å². The molecule has 1 fully saturated rings. The predicted octanol–water partition coefficient (Wildman–Crippen LogP) is 3.11. The van der Waals surface area contributed by atoms with Crippen LogP contribution in [0, 0.1) is 0 Å². The van der Waals surface area contributed by atoms with Gasteiger partial charge in [-0.2, -0.15) is 0 Å². The lowest BCUT2D eigenvalue weighted by Crippen LogP contribution is -2.41. The third-order valence-electron chi connectivity index (χ3n) is 5.87. The lowest BCUT2D eigenvalue weighted by molar-refractivity contribution is 0.0341. The molecule has 1 aliphatic heterocycles. The molecule has 3 rings (SSSR count). The van der Waals surface area contributed by atoms with E-state index in [1.165, 1.54) is 11.1 Å². The molecule has 0 aromatic heterocycles. The van der Waals surface area contributed by atoms with E-state index in [9.17, 15) is 0 Å². The number of guanidine groups is 1. The summed E-state index contributed by atoms with van der Waals surface area (Å²) in [4.78, 5) is 9.07. The van der Waals surface area contributed by atoms with Crippen LogP contribution in [0.15, 0.2) is 53.5 Å². The summed E-state index contributed by atoms with van der Waals surface area (Å²) in [6, 6.07) is 16.9. The van der Waals surface area contributed by atoms with Crippen molar-refractivity contribution in [2.75, 3.05) is 61.1 Å². The van der Waals surface area contributed by atoms with Gasteiger partial charge in [0, 0.05) is 45.3 Å². The van der Waals surface area contributed by atoms with Crippen molar-refractivity contribution in [1.29, 1.82) is 0 Å². The summed E-state index contributed by atoms with van der Waals surface area (Å²) in [7, 11) is 7.68. The minimum absolute atomic E-state index is 0. The average Bonchev–Trinajstić information content (AvgIpc) is 2.82. The second kappa shape index (κ2) is 14.4. The van der Waals surface area contributed by atoms with Crippen molar-refractivity contribution in [3.05, 3.63) is 65.2 Å². The van der Waals surface area contributed by atoms with Crippen LogP contribution in [0.3, 0.4) is 0 Å². The van der Waals surface area contributed by atoms with E-state index in [0.29, 0.717) is 6.54 Å². The number of methoxy groups -OCH3 is 1. The molecular weight excluding hydrogens is 529 g/mol. The van der Waals surface area contributed by atoms with Crippen LogP contribution in [-0.2, 0) is 17.8 Å². The van der Waals surface area contributed by atoms with E-state index in [1.807, 2.05) is 25.2 Å². The Bertz CT molecular complexity index is 871. The number of nitrogens with one attached hydrogen (secondary N) is 2. The molecule has 33 heavy (non-hydrogen) atoms. The van der Waals surface area contributed by atoms with Gasteiger partial charge in [-0.3, -0.25) is 9.89 Å². The van der Waals surface area contributed by atoms with Gasteiger partial charge in [-0.1, -0.05) is 42.5 Å². The number of rotatable bonds is 9. The number of hydrogen-bond acceptors (Lipinski definition) is 5. The van der Waals surface area contributed by atoms with Crippen molar-refractivity contribution in [2.45, 2.75) is 19.1 Å². The Morgan fingerprint density at radius 1 is 1.06 bits per heavy atom. The third kappa shape index (κ3) is 8.13. The fraction of sp³-hybridized carbons (Fsp3) is 0.480. The minimum atomic E-state index is 0. The molecule has 0 bridgehead atoms. The van der Waals surface area contributed by atoms with Gasteiger partial charge < -0.3 is 25.0 Å². The van der Waals surface area contributed by atoms with Crippen LogP contribution in [0.5, 0.6) is 5.75 Å². The number of aliphatic imine (C=N–C) groups is 1. The van der Waals surface area contributed by atoms with E-state index >= 15 is 0 Å². The van der Waals surface area contributed by atoms with Crippen molar-refractivity contribution in [2.24, 2.45) is 4.99 Å². The van der Waals surface area contributed by atoms with Crippen molar-refractivity contribution in [3.63, 3.8) is 0 Å². The molecule has 0 saturated carbocycles. The van der Waals surface area contributed by atoms with E-state index in [1.54, 1.807) is 7.11 Å². The highest BCUT2D eigenvalue weighted by Gasteiger charge is 2.19. The van der Waals surface area contributed by atoms with Crippen molar-refractivity contribution < 1.29 is 9.47 Å². The van der Waals surface area contributed by atoms with Crippen molar-refractivity contribution >= 4 is 29.9 Å². The highest BCUT2D eigenvalue weighted by molar-refractivity contribution is 14.0. The van der Waals surface area contributed by atoms with Crippen LogP contribution in [0.25, 0.3) is 0 Å². The molecule has 0 aliphatic carbocycles. The van der Waals surface area contributed by atoms with Crippen molar-refractivity contribution in [3.8, 4) is 5.75 Å².